The molecule has 0 spiro atoms. The van der Waals surface area contributed by atoms with E-state index in [1.807, 2.05) is 11.3 Å². The summed E-state index contributed by atoms with van der Waals surface area (Å²) in [7, 11) is 0. The molecule has 1 heterocycles. The van der Waals surface area contributed by atoms with E-state index in [0.717, 1.165) is 12.6 Å². The Bertz CT molecular complexity index is 528. The number of hydrogen-bond acceptors (Lipinski definition) is 2. The minimum absolute atomic E-state index is 0.638. The first-order chi connectivity index (χ1) is 9.83. The monoisotopic (exact) mass is 285 g/mol. The lowest BCUT2D eigenvalue weighted by molar-refractivity contribution is 0.548. The maximum Gasteiger partial charge on any atom is 0.00684 e. The summed E-state index contributed by atoms with van der Waals surface area (Å²) >= 11 is 1.88. The maximum absolute atomic E-state index is 3.72. The second-order valence-corrected chi connectivity index (χ2v) is 6.89. The minimum atomic E-state index is 0.638. The van der Waals surface area contributed by atoms with E-state index in [9.17, 15) is 0 Å². The topological polar surface area (TPSA) is 12.0 Å². The Hall–Kier alpha value is -1.12. The van der Waals surface area contributed by atoms with Crippen molar-refractivity contribution < 1.29 is 0 Å². The Labute approximate surface area is 126 Å². The number of aryl methyl sites for hydroxylation is 2. The van der Waals surface area contributed by atoms with Crippen LogP contribution in [0.1, 0.15) is 41.2 Å². The lowest BCUT2D eigenvalue weighted by Gasteiger charge is -2.20. The number of benzene rings is 1. The van der Waals surface area contributed by atoms with Crippen molar-refractivity contribution in [2.45, 2.75) is 44.6 Å². The van der Waals surface area contributed by atoms with Gasteiger partial charge in [0.2, 0.25) is 0 Å². The molecule has 1 aromatic carbocycles. The summed E-state index contributed by atoms with van der Waals surface area (Å²) in [5, 5.41) is 5.90. The molecule has 0 saturated heterocycles. The summed E-state index contributed by atoms with van der Waals surface area (Å²) < 4.78 is 0. The molecule has 3 rings (SSSR count). The van der Waals surface area contributed by atoms with Crippen LogP contribution in [0.3, 0.4) is 0 Å². The predicted octanol–water partition coefficient (Wildman–Crippen LogP) is 4.52. The quantitative estimate of drug-likeness (QED) is 0.788. The smallest absolute Gasteiger partial charge is 0.00684 e. The van der Waals surface area contributed by atoms with Gasteiger partial charge in [-0.25, -0.2) is 0 Å². The van der Waals surface area contributed by atoms with E-state index in [2.05, 4.69) is 54.0 Å². The third-order valence-corrected chi connectivity index (χ3v) is 5.11. The highest BCUT2D eigenvalue weighted by atomic mass is 32.1. The van der Waals surface area contributed by atoms with Gasteiger partial charge in [0.05, 0.1) is 0 Å². The van der Waals surface area contributed by atoms with Crippen LogP contribution < -0.4 is 5.32 Å². The van der Waals surface area contributed by atoms with Crippen LogP contribution in [0.4, 0.5) is 0 Å². The summed E-state index contributed by atoms with van der Waals surface area (Å²) in [6.45, 7) is 3.37. The van der Waals surface area contributed by atoms with Crippen molar-refractivity contribution in [2.24, 2.45) is 0 Å². The zero-order chi connectivity index (χ0) is 13.8. The maximum atomic E-state index is 3.72. The Morgan fingerprint density at radius 2 is 2.05 bits per heavy atom. The van der Waals surface area contributed by atoms with Crippen LogP contribution in [0.15, 0.2) is 41.8 Å². The Morgan fingerprint density at radius 1 is 1.20 bits per heavy atom. The fourth-order valence-electron chi connectivity index (χ4n) is 2.78. The van der Waals surface area contributed by atoms with Crippen LogP contribution >= 0.6 is 11.3 Å². The van der Waals surface area contributed by atoms with Crippen molar-refractivity contribution in [3.63, 3.8) is 0 Å². The molecule has 0 amide bonds. The van der Waals surface area contributed by atoms with Crippen LogP contribution in [0.2, 0.25) is 0 Å². The molecule has 0 radical (unpaired) electrons. The number of nitrogens with one attached hydrogen (secondary N) is 1. The first kappa shape index (κ1) is 13.8. The van der Waals surface area contributed by atoms with E-state index < -0.39 is 0 Å². The van der Waals surface area contributed by atoms with Gasteiger partial charge in [-0.1, -0.05) is 30.3 Å². The Kier molecular flexibility index (Phi) is 4.54. The number of rotatable bonds is 7. The van der Waals surface area contributed by atoms with E-state index >= 15 is 0 Å². The van der Waals surface area contributed by atoms with Crippen LogP contribution in [0.25, 0.3) is 0 Å². The van der Waals surface area contributed by atoms with E-state index in [1.165, 1.54) is 41.7 Å². The highest BCUT2D eigenvalue weighted by molar-refractivity contribution is 7.09. The fourth-order valence-corrected chi connectivity index (χ4v) is 3.50. The van der Waals surface area contributed by atoms with Crippen molar-refractivity contribution in [3.8, 4) is 0 Å². The van der Waals surface area contributed by atoms with Gasteiger partial charge >= 0.3 is 0 Å². The molecule has 106 valence electrons. The van der Waals surface area contributed by atoms with Crippen LogP contribution in [-0.4, -0.2) is 12.6 Å². The predicted molar refractivity (Wildman–Crippen MR) is 87.6 cm³/mol. The van der Waals surface area contributed by atoms with Gasteiger partial charge in [0.25, 0.3) is 0 Å². The molecule has 1 unspecified atom stereocenters. The van der Waals surface area contributed by atoms with Gasteiger partial charge in [-0.05, 0) is 61.1 Å². The molecule has 2 aromatic rings. The van der Waals surface area contributed by atoms with Crippen LogP contribution in [0, 0.1) is 6.92 Å². The van der Waals surface area contributed by atoms with Gasteiger partial charge in [-0.2, -0.15) is 0 Å². The third kappa shape index (κ3) is 3.71. The largest absolute Gasteiger partial charge is 0.313 e. The van der Waals surface area contributed by atoms with Gasteiger partial charge in [-0.3, -0.25) is 0 Å². The molecule has 20 heavy (non-hydrogen) atoms. The second-order valence-electron chi connectivity index (χ2n) is 5.85. The average Bonchev–Trinajstić information content (AvgIpc) is 3.14. The number of hydrogen-bond donors (Lipinski definition) is 1. The summed E-state index contributed by atoms with van der Waals surface area (Å²) in [6.07, 6.45) is 5.17. The van der Waals surface area contributed by atoms with Gasteiger partial charge < -0.3 is 5.32 Å². The van der Waals surface area contributed by atoms with Gasteiger partial charge in [0, 0.05) is 17.5 Å². The summed E-state index contributed by atoms with van der Waals surface area (Å²) in [4.78, 5) is 1.51. The average molecular weight is 285 g/mol. The van der Waals surface area contributed by atoms with Gasteiger partial charge in [0.15, 0.2) is 0 Å². The molecule has 1 nitrogen and oxygen atoms in total. The first-order valence-corrected chi connectivity index (χ1v) is 8.52. The van der Waals surface area contributed by atoms with Crippen LogP contribution in [-0.2, 0) is 6.42 Å². The highest BCUT2D eigenvalue weighted by Gasteiger charge is 2.23. The molecular formula is C18H23NS. The first-order valence-electron chi connectivity index (χ1n) is 7.64. The third-order valence-electron chi connectivity index (χ3n) is 4.18. The molecule has 1 atom stereocenters. The Morgan fingerprint density at radius 3 is 2.75 bits per heavy atom. The Balaban J connectivity index is 1.67. The SMILES string of the molecule is Cc1ccccc1C(CCc1cccs1)CNC1CC1. The van der Waals surface area contributed by atoms with Crippen molar-refractivity contribution in [2.75, 3.05) is 6.54 Å². The highest BCUT2D eigenvalue weighted by Crippen LogP contribution is 2.27. The zero-order valence-corrected chi connectivity index (χ0v) is 13.0. The summed E-state index contributed by atoms with van der Waals surface area (Å²) in [5.41, 5.74) is 2.96. The molecular weight excluding hydrogens is 262 g/mol. The van der Waals surface area contributed by atoms with E-state index in [-0.39, 0.29) is 0 Å². The summed E-state index contributed by atoms with van der Waals surface area (Å²) in [5.74, 6) is 0.638. The van der Waals surface area contributed by atoms with Gasteiger partial charge in [0.1, 0.15) is 0 Å². The van der Waals surface area contributed by atoms with E-state index in [1.54, 1.807) is 0 Å². The molecule has 1 saturated carbocycles. The summed E-state index contributed by atoms with van der Waals surface area (Å²) in [6, 6.07) is 14.1. The van der Waals surface area contributed by atoms with Crippen molar-refractivity contribution >= 4 is 11.3 Å². The lowest BCUT2D eigenvalue weighted by Crippen LogP contribution is -2.24. The molecule has 0 bridgehead atoms. The lowest BCUT2D eigenvalue weighted by atomic mass is 9.90. The van der Waals surface area contributed by atoms with E-state index in [4.69, 9.17) is 0 Å². The van der Waals surface area contributed by atoms with Crippen molar-refractivity contribution in [1.82, 2.24) is 5.32 Å². The zero-order valence-electron chi connectivity index (χ0n) is 12.1. The normalized spacial score (nSPS) is 16.2. The van der Waals surface area contributed by atoms with Crippen LogP contribution in [0.5, 0.6) is 0 Å². The molecule has 1 N–H and O–H groups in total. The second kappa shape index (κ2) is 6.55. The fraction of sp³-hybridized carbons (Fsp3) is 0.444. The molecule has 0 aliphatic heterocycles. The van der Waals surface area contributed by atoms with E-state index in [0.29, 0.717) is 5.92 Å². The molecule has 1 aromatic heterocycles. The molecule has 1 fully saturated rings. The molecule has 1 aliphatic rings. The van der Waals surface area contributed by atoms with Crippen molar-refractivity contribution in [1.29, 1.82) is 0 Å². The van der Waals surface area contributed by atoms with Crippen molar-refractivity contribution in [3.05, 3.63) is 57.8 Å². The standard InChI is InChI=1S/C18H23NS/c1-14-5-2-3-7-18(14)15(13-19-16-9-10-16)8-11-17-6-4-12-20-17/h2-7,12,15-16,19H,8-11,13H2,1H3. The molecule has 1 aliphatic carbocycles. The minimum Gasteiger partial charge on any atom is -0.313 e. The number of thiophene rings is 1. The molecule has 2 heteroatoms. The van der Waals surface area contributed by atoms with Gasteiger partial charge in [-0.15, -0.1) is 11.3 Å².